The van der Waals surface area contributed by atoms with Crippen LogP contribution in [0.1, 0.15) is 6.42 Å². The zero-order valence-corrected chi connectivity index (χ0v) is 10.9. The minimum absolute atomic E-state index is 0.161. The van der Waals surface area contributed by atoms with Gasteiger partial charge in [0.2, 0.25) is 5.91 Å². The molecule has 12 heteroatoms. The van der Waals surface area contributed by atoms with Gasteiger partial charge >= 0.3 is 11.9 Å². The number of nitrogens with one attached hydrogen (secondary N) is 1. The van der Waals surface area contributed by atoms with Crippen LogP contribution in [0.5, 0.6) is 0 Å². The molecule has 1 atom stereocenters. The molecule has 1 aromatic heterocycles. The molecule has 1 aliphatic rings. The highest BCUT2D eigenvalue weighted by atomic mass is 19.4. The lowest BCUT2D eigenvalue weighted by molar-refractivity contribution is -0.385. The van der Waals surface area contributed by atoms with Gasteiger partial charge in [0.1, 0.15) is 25.0 Å². The fourth-order valence-electron chi connectivity index (χ4n) is 1.67. The first-order valence-electron chi connectivity index (χ1n) is 5.99. The number of oxime groups is 1. The van der Waals surface area contributed by atoms with Crippen LogP contribution in [-0.2, 0) is 16.2 Å². The number of nitro groups is 1. The lowest BCUT2D eigenvalue weighted by Gasteiger charge is -2.10. The van der Waals surface area contributed by atoms with E-state index in [9.17, 15) is 28.1 Å². The molecular formula is C10H10F3N5O4. The van der Waals surface area contributed by atoms with Gasteiger partial charge in [0.05, 0.1) is 11.5 Å². The smallest absolute Gasteiger partial charge is 0.390 e. The Morgan fingerprint density at radius 2 is 2.32 bits per heavy atom. The zero-order valence-electron chi connectivity index (χ0n) is 10.9. The van der Waals surface area contributed by atoms with Gasteiger partial charge in [-0.15, -0.1) is 0 Å². The molecule has 1 amide bonds. The third-order valence-electron chi connectivity index (χ3n) is 2.72. The van der Waals surface area contributed by atoms with E-state index in [1.807, 2.05) is 0 Å². The summed E-state index contributed by atoms with van der Waals surface area (Å²) in [4.78, 5) is 25.9. The average Bonchev–Trinajstić information content (AvgIpc) is 3.04. The maximum Gasteiger partial charge on any atom is 0.432 e. The third kappa shape index (κ3) is 3.93. The van der Waals surface area contributed by atoms with E-state index >= 15 is 0 Å². The maximum atomic E-state index is 12.3. The number of amides is 1. The average molecular weight is 321 g/mol. The van der Waals surface area contributed by atoms with Crippen molar-refractivity contribution in [3.05, 3.63) is 22.5 Å². The minimum atomic E-state index is -4.55. The van der Waals surface area contributed by atoms with E-state index in [-0.39, 0.29) is 18.8 Å². The lowest BCUT2D eigenvalue weighted by Crippen LogP contribution is -2.35. The largest absolute Gasteiger partial charge is 0.432 e. The molecule has 0 spiro atoms. The van der Waals surface area contributed by atoms with Crippen LogP contribution < -0.4 is 5.32 Å². The van der Waals surface area contributed by atoms with Crippen molar-refractivity contribution in [2.24, 2.45) is 5.16 Å². The number of alkyl halides is 3. The van der Waals surface area contributed by atoms with Crippen LogP contribution in [0, 0.1) is 10.1 Å². The first-order valence-corrected chi connectivity index (χ1v) is 5.99. The molecule has 0 saturated heterocycles. The quantitative estimate of drug-likeness (QED) is 0.631. The highest BCUT2D eigenvalue weighted by molar-refractivity contribution is 5.90. The van der Waals surface area contributed by atoms with Gasteiger partial charge in [-0.2, -0.15) is 18.3 Å². The summed E-state index contributed by atoms with van der Waals surface area (Å²) in [5.41, 5.74) is -1.30. The first kappa shape index (κ1) is 15.7. The molecule has 0 bridgehead atoms. The summed E-state index contributed by atoms with van der Waals surface area (Å²) >= 11 is 0. The summed E-state index contributed by atoms with van der Waals surface area (Å²) in [6.07, 6.45) is -3.84. The van der Waals surface area contributed by atoms with Gasteiger partial charge in [-0.1, -0.05) is 5.16 Å². The molecule has 0 aliphatic carbocycles. The highest BCUT2D eigenvalue weighted by Crippen LogP contribution is 2.25. The molecule has 0 aromatic carbocycles. The van der Waals surface area contributed by atoms with Crippen LogP contribution in [0.15, 0.2) is 17.5 Å². The Kier molecular flexibility index (Phi) is 4.28. The first-order chi connectivity index (χ1) is 10.3. The second kappa shape index (κ2) is 5.99. The van der Waals surface area contributed by atoms with Gasteiger partial charge in [0.15, 0.2) is 5.71 Å². The van der Waals surface area contributed by atoms with Crippen molar-refractivity contribution in [3.8, 4) is 0 Å². The monoisotopic (exact) mass is 321 g/mol. The molecule has 1 N–H and O–H groups in total. The van der Waals surface area contributed by atoms with Gasteiger partial charge in [0, 0.05) is 6.42 Å². The molecule has 2 rings (SSSR count). The summed E-state index contributed by atoms with van der Waals surface area (Å²) in [5.74, 6) is -0.568. The van der Waals surface area contributed by atoms with Crippen LogP contribution in [0.25, 0.3) is 0 Å². The second-order valence-corrected chi connectivity index (χ2v) is 4.42. The predicted molar refractivity (Wildman–Crippen MR) is 64.9 cm³/mol. The molecule has 1 unspecified atom stereocenters. The van der Waals surface area contributed by atoms with Gasteiger partial charge in [-0.05, 0) is 0 Å². The van der Waals surface area contributed by atoms with E-state index in [2.05, 4.69) is 20.4 Å². The fraction of sp³-hybridized carbons (Fsp3) is 0.500. The molecule has 0 radical (unpaired) electrons. The number of hydrogen-bond donors (Lipinski definition) is 1. The maximum absolute atomic E-state index is 12.3. The standard InChI is InChI=1S/C10H10F3N5O4/c11-10(12,13)8-1-7(22-16-8)3-14-9(19)5-17-4-6(2-15-17)18(20)21/h2,4,7H,1,3,5H2,(H,14,19). The normalized spacial score (nSPS) is 17.8. The number of aromatic nitrogens is 2. The Morgan fingerprint density at radius 1 is 1.59 bits per heavy atom. The molecule has 9 nitrogen and oxygen atoms in total. The van der Waals surface area contributed by atoms with Crippen molar-refractivity contribution in [2.45, 2.75) is 25.2 Å². The summed E-state index contributed by atoms with van der Waals surface area (Å²) in [5, 5.41) is 19.3. The lowest BCUT2D eigenvalue weighted by atomic mass is 10.2. The second-order valence-electron chi connectivity index (χ2n) is 4.42. The Hall–Kier alpha value is -2.66. The Balaban J connectivity index is 1.76. The molecule has 0 saturated carbocycles. The van der Waals surface area contributed by atoms with Gasteiger partial charge in [-0.25, -0.2) is 0 Å². The number of halogens is 3. The summed E-state index contributed by atoms with van der Waals surface area (Å²) < 4.78 is 38.0. The zero-order chi connectivity index (χ0) is 16.3. The number of hydrogen-bond acceptors (Lipinski definition) is 6. The minimum Gasteiger partial charge on any atom is -0.390 e. The summed E-state index contributed by atoms with van der Waals surface area (Å²) in [7, 11) is 0. The predicted octanol–water partition coefficient (Wildman–Crippen LogP) is 0.615. The fourth-order valence-corrected chi connectivity index (χ4v) is 1.67. The SMILES string of the molecule is O=C(Cn1cc([N+](=O)[O-])cn1)NCC1CC(C(F)(F)F)=NO1. The van der Waals surface area contributed by atoms with E-state index in [1.165, 1.54) is 0 Å². The molecule has 2 heterocycles. The van der Waals surface area contributed by atoms with Gasteiger partial charge in [0.25, 0.3) is 0 Å². The van der Waals surface area contributed by atoms with Crippen molar-refractivity contribution in [1.29, 1.82) is 0 Å². The van der Waals surface area contributed by atoms with Crippen molar-refractivity contribution < 1.29 is 27.7 Å². The molecular weight excluding hydrogens is 311 g/mol. The van der Waals surface area contributed by atoms with E-state index in [1.54, 1.807) is 0 Å². The van der Waals surface area contributed by atoms with E-state index in [4.69, 9.17) is 0 Å². The molecule has 1 aromatic rings. The van der Waals surface area contributed by atoms with Crippen LogP contribution in [0.3, 0.4) is 0 Å². The highest BCUT2D eigenvalue weighted by Gasteiger charge is 2.41. The van der Waals surface area contributed by atoms with Crippen LogP contribution in [0.4, 0.5) is 18.9 Å². The van der Waals surface area contributed by atoms with Crippen LogP contribution in [-0.4, -0.2) is 45.1 Å². The van der Waals surface area contributed by atoms with E-state index in [0.717, 1.165) is 17.1 Å². The number of carbonyl (C=O) groups is 1. The summed E-state index contributed by atoms with van der Waals surface area (Å²) in [6.45, 7) is -0.460. The number of rotatable bonds is 5. The Labute approximate surface area is 120 Å². The van der Waals surface area contributed by atoms with Crippen molar-refractivity contribution in [1.82, 2.24) is 15.1 Å². The number of nitrogens with zero attached hydrogens (tertiary/aromatic N) is 4. The molecule has 22 heavy (non-hydrogen) atoms. The number of carbonyl (C=O) groups excluding carboxylic acids is 1. The van der Waals surface area contributed by atoms with Crippen molar-refractivity contribution >= 4 is 17.3 Å². The summed E-state index contributed by atoms with van der Waals surface area (Å²) in [6, 6.07) is 0. The van der Waals surface area contributed by atoms with Crippen LogP contribution >= 0.6 is 0 Å². The Bertz CT molecular complexity index is 612. The van der Waals surface area contributed by atoms with Crippen molar-refractivity contribution in [3.63, 3.8) is 0 Å². The van der Waals surface area contributed by atoms with E-state index in [0.29, 0.717) is 0 Å². The molecule has 1 aliphatic heterocycles. The topological polar surface area (TPSA) is 112 Å². The molecule has 120 valence electrons. The Morgan fingerprint density at radius 3 is 2.86 bits per heavy atom. The van der Waals surface area contributed by atoms with Crippen LogP contribution in [0.2, 0.25) is 0 Å². The van der Waals surface area contributed by atoms with E-state index < -0.39 is 35.2 Å². The van der Waals surface area contributed by atoms with Crippen molar-refractivity contribution in [2.75, 3.05) is 6.54 Å². The molecule has 0 fully saturated rings. The third-order valence-corrected chi connectivity index (χ3v) is 2.72. The van der Waals surface area contributed by atoms with Gasteiger partial charge < -0.3 is 10.2 Å². The van der Waals surface area contributed by atoms with Gasteiger partial charge in [-0.3, -0.25) is 19.6 Å².